The van der Waals surface area contributed by atoms with E-state index in [0.29, 0.717) is 19.1 Å². The lowest BCUT2D eigenvalue weighted by atomic mass is 10.2. The predicted molar refractivity (Wildman–Crippen MR) is 71.8 cm³/mol. The van der Waals surface area contributed by atoms with Gasteiger partial charge in [0.1, 0.15) is 6.10 Å². The molecule has 6 heteroatoms. The van der Waals surface area contributed by atoms with Gasteiger partial charge in [-0.15, -0.1) is 0 Å². The zero-order chi connectivity index (χ0) is 13.7. The molecule has 2 aliphatic rings. The van der Waals surface area contributed by atoms with Gasteiger partial charge in [-0.05, 0) is 19.8 Å². The lowest BCUT2D eigenvalue weighted by Gasteiger charge is -2.33. The topological polar surface area (TPSA) is 76.8 Å². The third kappa shape index (κ3) is 4.14. The van der Waals surface area contributed by atoms with Crippen LogP contribution in [0.3, 0.4) is 0 Å². The minimum absolute atomic E-state index is 0.00291. The number of hydrogen-bond acceptors (Lipinski definition) is 5. The van der Waals surface area contributed by atoms with Crippen LogP contribution in [-0.2, 0) is 14.3 Å². The molecule has 6 nitrogen and oxygen atoms in total. The molecule has 0 spiro atoms. The molecule has 0 aliphatic carbocycles. The van der Waals surface area contributed by atoms with Gasteiger partial charge < -0.3 is 20.5 Å². The molecule has 0 saturated carbocycles. The molecule has 0 radical (unpaired) electrons. The Labute approximate surface area is 114 Å². The van der Waals surface area contributed by atoms with E-state index in [2.05, 4.69) is 17.1 Å². The summed E-state index contributed by atoms with van der Waals surface area (Å²) in [5.41, 5.74) is 5.53. The number of ether oxygens (including phenoxy) is 2. The second-order valence-electron chi connectivity index (χ2n) is 5.31. The molecule has 0 aromatic heterocycles. The van der Waals surface area contributed by atoms with E-state index in [0.717, 1.165) is 39.1 Å². The third-order valence-corrected chi connectivity index (χ3v) is 3.87. The molecule has 19 heavy (non-hydrogen) atoms. The van der Waals surface area contributed by atoms with Crippen LogP contribution in [-0.4, -0.2) is 68.4 Å². The van der Waals surface area contributed by atoms with Crippen LogP contribution in [0.1, 0.15) is 19.8 Å². The quantitative estimate of drug-likeness (QED) is 0.693. The summed E-state index contributed by atoms with van der Waals surface area (Å²) in [6, 6.07) is 0.426. The molecule has 0 bridgehead atoms. The van der Waals surface area contributed by atoms with Crippen molar-refractivity contribution in [3.05, 3.63) is 0 Å². The Morgan fingerprint density at radius 2 is 2.32 bits per heavy atom. The maximum absolute atomic E-state index is 11.9. The van der Waals surface area contributed by atoms with Gasteiger partial charge in [-0.1, -0.05) is 0 Å². The summed E-state index contributed by atoms with van der Waals surface area (Å²) in [5, 5.41) is 2.95. The van der Waals surface area contributed by atoms with Crippen LogP contribution in [0.15, 0.2) is 0 Å². The van der Waals surface area contributed by atoms with Gasteiger partial charge in [-0.3, -0.25) is 9.69 Å². The van der Waals surface area contributed by atoms with E-state index < -0.39 is 0 Å². The van der Waals surface area contributed by atoms with Crippen molar-refractivity contribution in [2.45, 2.75) is 38.0 Å². The average Bonchev–Trinajstić information content (AvgIpc) is 2.90. The maximum Gasteiger partial charge on any atom is 0.249 e. The Morgan fingerprint density at radius 3 is 3.00 bits per heavy atom. The fraction of sp³-hybridized carbons (Fsp3) is 0.923. The summed E-state index contributed by atoms with van der Waals surface area (Å²) in [6.07, 6.45) is 1.40. The molecule has 0 aromatic rings. The Bertz CT molecular complexity index is 301. The molecular weight excluding hydrogens is 246 g/mol. The normalized spacial score (nSPS) is 32.4. The smallest absolute Gasteiger partial charge is 0.249 e. The minimum atomic E-state index is -0.310. The fourth-order valence-corrected chi connectivity index (χ4v) is 2.60. The lowest BCUT2D eigenvalue weighted by Crippen LogP contribution is -2.47. The van der Waals surface area contributed by atoms with E-state index in [9.17, 15) is 4.79 Å². The Balaban J connectivity index is 1.64. The molecule has 0 aromatic carbocycles. The summed E-state index contributed by atoms with van der Waals surface area (Å²) in [4.78, 5) is 14.2. The van der Waals surface area contributed by atoms with Crippen LogP contribution in [0.25, 0.3) is 0 Å². The highest BCUT2D eigenvalue weighted by Crippen LogP contribution is 2.18. The highest BCUT2D eigenvalue weighted by molar-refractivity contribution is 5.81. The van der Waals surface area contributed by atoms with E-state index in [1.165, 1.54) is 0 Å². The van der Waals surface area contributed by atoms with Crippen molar-refractivity contribution in [1.29, 1.82) is 0 Å². The van der Waals surface area contributed by atoms with E-state index in [1.54, 1.807) is 0 Å². The summed E-state index contributed by atoms with van der Waals surface area (Å²) >= 11 is 0. The SMILES string of the molecule is CC1COCCN1CCNC(=O)[C@@H]1CC[C@H](CN)O1. The van der Waals surface area contributed by atoms with Gasteiger partial charge in [-0.2, -0.15) is 0 Å². The molecule has 2 heterocycles. The number of nitrogens with zero attached hydrogens (tertiary/aromatic N) is 1. The van der Waals surface area contributed by atoms with Gasteiger partial charge in [0.2, 0.25) is 5.91 Å². The van der Waals surface area contributed by atoms with Crippen molar-refractivity contribution < 1.29 is 14.3 Å². The second-order valence-corrected chi connectivity index (χ2v) is 5.31. The van der Waals surface area contributed by atoms with Crippen molar-refractivity contribution in [2.75, 3.05) is 39.4 Å². The molecule has 2 aliphatic heterocycles. The number of nitrogens with two attached hydrogens (primary N) is 1. The van der Waals surface area contributed by atoms with Crippen molar-refractivity contribution >= 4 is 5.91 Å². The van der Waals surface area contributed by atoms with Gasteiger partial charge in [0.15, 0.2) is 0 Å². The zero-order valence-corrected chi connectivity index (χ0v) is 11.6. The van der Waals surface area contributed by atoms with E-state index >= 15 is 0 Å². The van der Waals surface area contributed by atoms with Crippen molar-refractivity contribution in [1.82, 2.24) is 10.2 Å². The molecule has 110 valence electrons. The van der Waals surface area contributed by atoms with Crippen LogP contribution in [0, 0.1) is 0 Å². The van der Waals surface area contributed by atoms with E-state index in [-0.39, 0.29) is 18.1 Å². The number of rotatable bonds is 5. The zero-order valence-electron chi connectivity index (χ0n) is 11.6. The number of hydrogen-bond donors (Lipinski definition) is 2. The number of amides is 1. The molecule has 3 atom stereocenters. The monoisotopic (exact) mass is 271 g/mol. The predicted octanol–water partition coefficient (Wildman–Crippen LogP) is -0.670. The lowest BCUT2D eigenvalue weighted by molar-refractivity contribution is -0.131. The Morgan fingerprint density at radius 1 is 1.47 bits per heavy atom. The van der Waals surface area contributed by atoms with Gasteiger partial charge in [0.05, 0.1) is 19.3 Å². The van der Waals surface area contributed by atoms with Crippen molar-refractivity contribution in [3.63, 3.8) is 0 Å². The summed E-state index contributed by atoms with van der Waals surface area (Å²) in [5.74, 6) is -0.00291. The second kappa shape index (κ2) is 7.19. The van der Waals surface area contributed by atoms with Crippen molar-refractivity contribution in [2.24, 2.45) is 5.73 Å². The fourth-order valence-electron chi connectivity index (χ4n) is 2.60. The first-order valence-electron chi connectivity index (χ1n) is 7.15. The molecular formula is C13H25N3O3. The number of nitrogens with one attached hydrogen (secondary N) is 1. The maximum atomic E-state index is 11.9. The molecule has 2 rings (SSSR count). The van der Waals surface area contributed by atoms with Gasteiger partial charge in [0.25, 0.3) is 0 Å². The van der Waals surface area contributed by atoms with Crippen LogP contribution < -0.4 is 11.1 Å². The van der Waals surface area contributed by atoms with Gasteiger partial charge in [0, 0.05) is 32.2 Å². The van der Waals surface area contributed by atoms with Crippen LogP contribution in [0.4, 0.5) is 0 Å². The van der Waals surface area contributed by atoms with Gasteiger partial charge in [-0.25, -0.2) is 0 Å². The first-order valence-corrected chi connectivity index (χ1v) is 7.15. The molecule has 2 saturated heterocycles. The largest absolute Gasteiger partial charge is 0.379 e. The molecule has 1 unspecified atom stereocenters. The highest BCUT2D eigenvalue weighted by atomic mass is 16.5. The number of morpholine rings is 1. The number of carbonyl (C=O) groups excluding carboxylic acids is 1. The molecule has 1 amide bonds. The average molecular weight is 271 g/mol. The van der Waals surface area contributed by atoms with E-state index in [1.807, 2.05) is 0 Å². The Kier molecular flexibility index (Phi) is 5.57. The van der Waals surface area contributed by atoms with E-state index in [4.69, 9.17) is 15.2 Å². The minimum Gasteiger partial charge on any atom is -0.379 e. The highest BCUT2D eigenvalue weighted by Gasteiger charge is 2.29. The first kappa shape index (κ1) is 14.7. The van der Waals surface area contributed by atoms with Gasteiger partial charge >= 0.3 is 0 Å². The number of carbonyl (C=O) groups is 1. The van der Waals surface area contributed by atoms with Crippen molar-refractivity contribution in [3.8, 4) is 0 Å². The Hall–Kier alpha value is -0.690. The third-order valence-electron chi connectivity index (χ3n) is 3.87. The standard InChI is InChI=1S/C13H25N3O3/c1-10-9-18-7-6-16(10)5-4-15-13(17)12-3-2-11(8-14)19-12/h10-12H,2-9,14H2,1H3,(H,15,17)/t10?,11-,12+/m1/s1. The van der Waals surface area contributed by atoms with Crippen LogP contribution in [0.5, 0.6) is 0 Å². The first-order chi connectivity index (χ1) is 9.20. The summed E-state index contributed by atoms with van der Waals surface area (Å²) < 4.78 is 10.9. The summed E-state index contributed by atoms with van der Waals surface area (Å²) in [6.45, 7) is 6.66. The van der Waals surface area contributed by atoms with Crippen LogP contribution >= 0.6 is 0 Å². The van der Waals surface area contributed by atoms with Crippen LogP contribution in [0.2, 0.25) is 0 Å². The molecule has 3 N–H and O–H groups in total. The molecule has 2 fully saturated rings. The summed E-state index contributed by atoms with van der Waals surface area (Å²) in [7, 11) is 0.